The van der Waals surface area contributed by atoms with E-state index < -0.39 is 5.91 Å². The summed E-state index contributed by atoms with van der Waals surface area (Å²) < 4.78 is 0.603. The third kappa shape index (κ3) is 3.58. The van der Waals surface area contributed by atoms with Gasteiger partial charge in [-0.1, -0.05) is 32.0 Å². The van der Waals surface area contributed by atoms with Gasteiger partial charge in [-0.15, -0.1) is 0 Å². The highest BCUT2D eigenvalue weighted by molar-refractivity contribution is 9.10. The van der Waals surface area contributed by atoms with Crippen molar-refractivity contribution in [3.8, 4) is 0 Å². The summed E-state index contributed by atoms with van der Waals surface area (Å²) in [5.41, 5.74) is 7.68. The third-order valence-electron chi connectivity index (χ3n) is 3.87. The summed E-state index contributed by atoms with van der Waals surface area (Å²) in [6.45, 7) is 3.98. The van der Waals surface area contributed by atoms with Gasteiger partial charge in [0.15, 0.2) is 5.69 Å². The van der Waals surface area contributed by atoms with Gasteiger partial charge in [0.1, 0.15) is 0 Å². The van der Waals surface area contributed by atoms with Crippen LogP contribution in [0.4, 0.5) is 0 Å². The molecule has 0 atom stereocenters. The molecule has 25 heavy (non-hydrogen) atoms. The molecular formula is C17H18BrN5O2. The molecule has 0 fully saturated rings. The Bertz CT molecular complexity index is 928. The number of hydrogen-bond donors (Lipinski definition) is 4. The van der Waals surface area contributed by atoms with Crippen LogP contribution in [0.2, 0.25) is 0 Å². The number of aromatic amines is 2. The van der Waals surface area contributed by atoms with Gasteiger partial charge in [-0.2, -0.15) is 5.10 Å². The Balaban J connectivity index is 1.61. The molecule has 0 saturated carbocycles. The van der Waals surface area contributed by atoms with E-state index in [1.54, 1.807) is 6.20 Å². The molecule has 2 heterocycles. The highest BCUT2D eigenvalue weighted by Gasteiger charge is 2.19. The van der Waals surface area contributed by atoms with Gasteiger partial charge in [0, 0.05) is 17.1 Å². The number of H-pyrrole nitrogens is 2. The zero-order chi connectivity index (χ0) is 18.0. The number of aromatic nitrogens is 3. The van der Waals surface area contributed by atoms with Gasteiger partial charge in [-0.3, -0.25) is 25.5 Å². The molecule has 0 saturated heterocycles. The standard InChI is InChI=1S/C17H18BrN5O2/c1-9(2)15-14(18)16(22-21-15)17(25)23-20-13(24)7-10-8-19-12-6-4-3-5-11(10)12/h3-6,8-9,19H,7H2,1-2H3,(H,20,24)(H,21,22)(H,23,25). The topological polar surface area (TPSA) is 103 Å². The Labute approximate surface area is 152 Å². The van der Waals surface area contributed by atoms with Crippen LogP contribution >= 0.6 is 15.9 Å². The molecule has 1 aromatic carbocycles. The maximum Gasteiger partial charge on any atom is 0.291 e. The van der Waals surface area contributed by atoms with Gasteiger partial charge in [0.05, 0.1) is 16.6 Å². The molecule has 0 radical (unpaired) electrons. The van der Waals surface area contributed by atoms with E-state index in [0.29, 0.717) is 4.47 Å². The van der Waals surface area contributed by atoms with Crippen molar-refractivity contribution in [3.05, 3.63) is 51.9 Å². The number of nitrogens with zero attached hydrogens (tertiary/aromatic N) is 1. The molecule has 2 amide bonds. The van der Waals surface area contributed by atoms with Gasteiger partial charge in [0.2, 0.25) is 5.91 Å². The Hall–Kier alpha value is -2.61. The number of halogens is 1. The number of hydrazine groups is 1. The van der Waals surface area contributed by atoms with Crippen molar-refractivity contribution >= 4 is 38.6 Å². The summed E-state index contributed by atoms with van der Waals surface area (Å²) in [5.74, 6) is -0.601. The Morgan fingerprint density at radius 1 is 1.24 bits per heavy atom. The fraction of sp³-hybridized carbons (Fsp3) is 0.235. The van der Waals surface area contributed by atoms with Crippen LogP contribution < -0.4 is 10.9 Å². The average molecular weight is 404 g/mol. The summed E-state index contributed by atoms with van der Waals surface area (Å²) in [4.78, 5) is 27.4. The number of rotatable bonds is 4. The first-order chi connectivity index (χ1) is 12.0. The van der Waals surface area contributed by atoms with Crippen LogP contribution in [0.25, 0.3) is 10.9 Å². The van der Waals surface area contributed by atoms with Crippen LogP contribution in [-0.4, -0.2) is 27.0 Å². The summed E-state index contributed by atoms with van der Waals surface area (Å²) >= 11 is 3.36. The van der Waals surface area contributed by atoms with Gasteiger partial charge in [-0.25, -0.2) is 0 Å². The van der Waals surface area contributed by atoms with E-state index in [2.05, 4.69) is 42.0 Å². The van der Waals surface area contributed by atoms with E-state index in [4.69, 9.17) is 0 Å². The average Bonchev–Trinajstić information content (AvgIpc) is 3.17. The van der Waals surface area contributed by atoms with Crippen molar-refractivity contribution in [2.45, 2.75) is 26.2 Å². The minimum atomic E-state index is -0.484. The lowest BCUT2D eigenvalue weighted by Gasteiger charge is -2.06. The SMILES string of the molecule is CC(C)c1[nH]nc(C(=O)NNC(=O)Cc2c[nH]c3ccccc23)c1Br. The van der Waals surface area contributed by atoms with E-state index in [-0.39, 0.29) is 23.9 Å². The Morgan fingerprint density at radius 3 is 2.72 bits per heavy atom. The van der Waals surface area contributed by atoms with Crippen molar-refractivity contribution in [1.82, 2.24) is 26.0 Å². The normalized spacial score (nSPS) is 11.0. The minimum Gasteiger partial charge on any atom is -0.361 e. The maximum atomic E-state index is 12.2. The highest BCUT2D eigenvalue weighted by Crippen LogP contribution is 2.25. The van der Waals surface area contributed by atoms with Gasteiger partial charge < -0.3 is 4.98 Å². The molecule has 3 aromatic rings. The lowest BCUT2D eigenvalue weighted by Crippen LogP contribution is -2.42. The molecule has 0 spiro atoms. The molecule has 3 rings (SSSR count). The van der Waals surface area contributed by atoms with E-state index in [1.807, 2.05) is 38.1 Å². The summed E-state index contributed by atoms with van der Waals surface area (Å²) in [6, 6.07) is 7.73. The third-order valence-corrected chi connectivity index (χ3v) is 4.67. The van der Waals surface area contributed by atoms with Crippen molar-refractivity contribution in [2.24, 2.45) is 0 Å². The summed E-state index contributed by atoms with van der Waals surface area (Å²) in [7, 11) is 0. The zero-order valence-electron chi connectivity index (χ0n) is 13.8. The first-order valence-corrected chi connectivity index (χ1v) is 8.64. The van der Waals surface area contributed by atoms with Crippen LogP contribution in [0.15, 0.2) is 34.9 Å². The van der Waals surface area contributed by atoms with Crippen molar-refractivity contribution in [2.75, 3.05) is 0 Å². The van der Waals surface area contributed by atoms with E-state index in [9.17, 15) is 9.59 Å². The monoisotopic (exact) mass is 403 g/mol. The van der Waals surface area contributed by atoms with Crippen LogP contribution in [0, 0.1) is 0 Å². The fourth-order valence-corrected chi connectivity index (χ4v) is 3.37. The molecule has 130 valence electrons. The quantitative estimate of drug-likeness (QED) is 0.503. The first-order valence-electron chi connectivity index (χ1n) is 7.85. The zero-order valence-corrected chi connectivity index (χ0v) is 15.4. The lowest BCUT2D eigenvalue weighted by atomic mass is 10.1. The van der Waals surface area contributed by atoms with Crippen LogP contribution in [0.5, 0.6) is 0 Å². The second-order valence-corrected chi connectivity index (χ2v) is 6.79. The predicted octanol–water partition coefficient (Wildman–Crippen LogP) is 2.78. The number of hydrogen-bond acceptors (Lipinski definition) is 3. The van der Waals surface area contributed by atoms with Crippen LogP contribution in [-0.2, 0) is 11.2 Å². The molecule has 8 heteroatoms. The molecule has 7 nitrogen and oxygen atoms in total. The second kappa shape index (κ2) is 7.10. The second-order valence-electron chi connectivity index (χ2n) is 5.99. The minimum absolute atomic E-state index is 0.156. The molecule has 0 aliphatic carbocycles. The number of benzene rings is 1. The molecular weight excluding hydrogens is 386 g/mol. The first kappa shape index (κ1) is 17.2. The smallest absolute Gasteiger partial charge is 0.291 e. The maximum absolute atomic E-state index is 12.2. The van der Waals surface area contributed by atoms with E-state index in [1.165, 1.54) is 0 Å². The lowest BCUT2D eigenvalue weighted by molar-refractivity contribution is -0.121. The van der Waals surface area contributed by atoms with Crippen molar-refractivity contribution < 1.29 is 9.59 Å². The van der Waals surface area contributed by atoms with Gasteiger partial charge >= 0.3 is 0 Å². The molecule has 0 bridgehead atoms. The van der Waals surface area contributed by atoms with Gasteiger partial charge in [0.25, 0.3) is 5.91 Å². The van der Waals surface area contributed by atoms with Crippen molar-refractivity contribution in [3.63, 3.8) is 0 Å². The van der Waals surface area contributed by atoms with Crippen LogP contribution in [0.3, 0.4) is 0 Å². The van der Waals surface area contributed by atoms with Crippen LogP contribution in [0.1, 0.15) is 41.5 Å². The molecule has 4 N–H and O–H groups in total. The largest absolute Gasteiger partial charge is 0.361 e. The van der Waals surface area contributed by atoms with E-state index in [0.717, 1.165) is 22.2 Å². The predicted molar refractivity (Wildman–Crippen MR) is 98.0 cm³/mol. The number of nitrogens with one attached hydrogen (secondary N) is 4. The van der Waals surface area contributed by atoms with E-state index >= 15 is 0 Å². The number of carbonyl (C=O) groups is 2. The Kier molecular flexibility index (Phi) is 4.89. The fourth-order valence-electron chi connectivity index (χ4n) is 2.56. The summed E-state index contributed by atoms with van der Waals surface area (Å²) in [6.07, 6.45) is 1.95. The summed E-state index contributed by atoms with van der Waals surface area (Å²) in [5, 5.41) is 7.80. The molecule has 0 aliphatic heterocycles. The highest BCUT2D eigenvalue weighted by atomic mass is 79.9. The Morgan fingerprint density at radius 2 is 2.00 bits per heavy atom. The molecule has 0 unspecified atom stereocenters. The number of fused-ring (bicyclic) bond motifs is 1. The van der Waals surface area contributed by atoms with Crippen molar-refractivity contribution in [1.29, 1.82) is 0 Å². The molecule has 0 aliphatic rings. The van der Waals surface area contributed by atoms with Gasteiger partial charge in [-0.05, 0) is 33.5 Å². The number of amides is 2. The number of carbonyl (C=O) groups excluding carboxylic acids is 2. The molecule has 2 aromatic heterocycles. The number of para-hydroxylation sites is 1.